The lowest BCUT2D eigenvalue weighted by atomic mass is 9.92. The third-order valence-electron chi connectivity index (χ3n) is 2.96. The van der Waals surface area contributed by atoms with E-state index in [0.717, 1.165) is 25.4 Å². The SMILES string of the molecule is CCC(C)(O)CCNC1CCC1. The molecule has 1 atom stereocenters. The molecule has 1 aliphatic rings. The maximum Gasteiger partial charge on any atom is 0.0629 e. The van der Waals surface area contributed by atoms with E-state index in [1.807, 2.05) is 13.8 Å². The van der Waals surface area contributed by atoms with Gasteiger partial charge in [-0.25, -0.2) is 0 Å². The van der Waals surface area contributed by atoms with E-state index in [0.29, 0.717) is 0 Å². The van der Waals surface area contributed by atoms with Crippen molar-refractivity contribution in [3.63, 3.8) is 0 Å². The molecule has 1 fully saturated rings. The van der Waals surface area contributed by atoms with Crippen LogP contribution < -0.4 is 5.32 Å². The molecule has 72 valence electrons. The number of nitrogens with one attached hydrogen (secondary N) is 1. The molecule has 0 amide bonds. The molecule has 1 aliphatic carbocycles. The maximum absolute atomic E-state index is 9.69. The lowest BCUT2D eigenvalue weighted by molar-refractivity contribution is 0.0457. The maximum atomic E-state index is 9.69. The molecule has 0 aromatic rings. The van der Waals surface area contributed by atoms with Crippen molar-refractivity contribution in [2.45, 2.75) is 57.6 Å². The average molecular weight is 171 g/mol. The van der Waals surface area contributed by atoms with Crippen molar-refractivity contribution in [2.24, 2.45) is 0 Å². The van der Waals surface area contributed by atoms with Crippen LogP contribution in [-0.4, -0.2) is 23.3 Å². The first-order valence-corrected chi connectivity index (χ1v) is 5.10. The molecule has 0 aromatic carbocycles. The highest BCUT2D eigenvalue weighted by molar-refractivity contribution is 4.78. The van der Waals surface area contributed by atoms with Gasteiger partial charge in [0.1, 0.15) is 0 Å². The second-order valence-corrected chi connectivity index (χ2v) is 4.18. The smallest absolute Gasteiger partial charge is 0.0629 e. The molecule has 0 spiro atoms. The van der Waals surface area contributed by atoms with Crippen LogP contribution in [0.4, 0.5) is 0 Å². The molecule has 1 saturated carbocycles. The van der Waals surface area contributed by atoms with Crippen LogP contribution in [0, 0.1) is 0 Å². The molecule has 0 radical (unpaired) electrons. The van der Waals surface area contributed by atoms with Crippen LogP contribution in [0.5, 0.6) is 0 Å². The predicted molar refractivity (Wildman–Crippen MR) is 51.2 cm³/mol. The molecule has 1 unspecified atom stereocenters. The van der Waals surface area contributed by atoms with Crippen LogP contribution >= 0.6 is 0 Å². The van der Waals surface area contributed by atoms with Gasteiger partial charge in [-0.1, -0.05) is 13.3 Å². The summed E-state index contributed by atoms with van der Waals surface area (Å²) in [4.78, 5) is 0. The second kappa shape index (κ2) is 4.24. The molecule has 2 N–H and O–H groups in total. The van der Waals surface area contributed by atoms with Gasteiger partial charge in [-0.3, -0.25) is 0 Å². The van der Waals surface area contributed by atoms with Crippen LogP contribution in [0.3, 0.4) is 0 Å². The van der Waals surface area contributed by atoms with Crippen LogP contribution in [-0.2, 0) is 0 Å². The third-order valence-corrected chi connectivity index (χ3v) is 2.96. The van der Waals surface area contributed by atoms with Gasteiger partial charge in [0.25, 0.3) is 0 Å². The van der Waals surface area contributed by atoms with Crippen molar-refractivity contribution < 1.29 is 5.11 Å². The van der Waals surface area contributed by atoms with Crippen LogP contribution in [0.25, 0.3) is 0 Å². The fraction of sp³-hybridized carbons (Fsp3) is 1.00. The number of hydrogen-bond acceptors (Lipinski definition) is 2. The van der Waals surface area contributed by atoms with Crippen molar-refractivity contribution in [1.29, 1.82) is 0 Å². The van der Waals surface area contributed by atoms with Gasteiger partial charge in [-0.2, -0.15) is 0 Å². The Balaban J connectivity index is 2.00. The highest BCUT2D eigenvalue weighted by atomic mass is 16.3. The van der Waals surface area contributed by atoms with E-state index in [4.69, 9.17) is 0 Å². The molecular weight excluding hydrogens is 150 g/mol. The predicted octanol–water partition coefficient (Wildman–Crippen LogP) is 1.68. The molecule has 1 rings (SSSR count). The monoisotopic (exact) mass is 171 g/mol. The molecule has 12 heavy (non-hydrogen) atoms. The minimum absolute atomic E-state index is 0.462. The zero-order chi connectivity index (χ0) is 9.03. The Kier molecular flexibility index (Phi) is 3.53. The molecule has 0 heterocycles. The summed E-state index contributed by atoms with van der Waals surface area (Å²) in [6, 6.07) is 0.748. The molecular formula is C10H21NO. The standard InChI is InChI=1S/C10H21NO/c1-3-10(2,12)7-8-11-9-5-4-6-9/h9,11-12H,3-8H2,1-2H3. The summed E-state index contributed by atoms with van der Waals surface area (Å²) in [5.41, 5.74) is -0.462. The Labute approximate surface area is 75.4 Å². The molecule has 0 aromatic heterocycles. The van der Waals surface area contributed by atoms with E-state index < -0.39 is 5.60 Å². The van der Waals surface area contributed by atoms with E-state index >= 15 is 0 Å². The lowest BCUT2D eigenvalue weighted by Crippen LogP contribution is -2.38. The topological polar surface area (TPSA) is 32.3 Å². The molecule has 2 nitrogen and oxygen atoms in total. The summed E-state index contributed by atoms with van der Waals surface area (Å²) >= 11 is 0. The fourth-order valence-corrected chi connectivity index (χ4v) is 1.33. The van der Waals surface area contributed by atoms with E-state index in [-0.39, 0.29) is 0 Å². The Morgan fingerprint density at radius 2 is 2.17 bits per heavy atom. The van der Waals surface area contributed by atoms with Gasteiger partial charge in [0.15, 0.2) is 0 Å². The normalized spacial score (nSPS) is 23.2. The van der Waals surface area contributed by atoms with Crippen molar-refractivity contribution in [2.75, 3.05) is 6.54 Å². The molecule has 2 heteroatoms. The highest BCUT2D eigenvalue weighted by Crippen LogP contribution is 2.19. The summed E-state index contributed by atoms with van der Waals surface area (Å²) in [5, 5.41) is 13.1. The third kappa shape index (κ3) is 3.11. The zero-order valence-corrected chi connectivity index (χ0v) is 8.27. The summed E-state index contributed by atoms with van der Waals surface area (Å²) in [5.74, 6) is 0. The van der Waals surface area contributed by atoms with Crippen LogP contribution in [0.15, 0.2) is 0 Å². The van der Waals surface area contributed by atoms with Crippen molar-refractivity contribution >= 4 is 0 Å². The zero-order valence-electron chi connectivity index (χ0n) is 8.27. The average Bonchev–Trinajstić information content (AvgIpc) is 1.95. The fourth-order valence-electron chi connectivity index (χ4n) is 1.33. The first-order chi connectivity index (χ1) is 5.64. The van der Waals surface area contributed by atoms with Gasteiger partial charge in [0.2, 0.25) is 0 Å². The van der Waals surface area contributed by atoms with Crippen LogP contribution in [0.1, 0.15) is 46.0 Å². The Hall–Kier alpha value is -0.0800. The van der Waals surface area contributed by atoms with Gasteiger partial charge < -0.3 is 10.4 Å². The van der Waals surface area contributed by atoms with Gasteiger partial charge in [0, 0.05) is 6.04 Å². The van der Waals surface area contributed by atoms with Gasteiger partial charge in [-0.15, -0.1) is 0 Å². The Bertz CT molecular complexity index is 130. The van der Waals surface area contributed by atoms with Gasteiger partial charge >= 0.3 is 0 Å². The quantitative estimate of drug-likeness (QED) is 0.659. The van der Waals surface area contributed by atoms with Crippen molar-refractivity contribution in [3.05, 3.63) is 0 Å². The summed E-state index contributed by atoms with van der Waals surface area (Å²) < 4.78 is 0. The minimum atomic E-state index is -0.462. The second-order valence-electron chi connectivity index (χ2n) is 4.18. The summed E-state index contributed by atoms with van der Waals surface area (Å²) in [6.45, 7) is 4.91. The first kappa shape index (κ1) is 10.0. The van der Waals surface area contributed by atoms with E-state index in [2.05, 4.69) is 5.32 Å². The highest BCUT2D eigenvalue weighted by Gasteiger charge is 2.20. The largest absolute Gasteiger partial charge is 0.390 e. The van der Waals surface area contributed by atoms with Crippen LogP contribution in [0.2, 0.25) is 0 Å². The summed E-state index contributed by atoms with van der Waals surface area (Å²) in [7, 11) is 0. The molecule has 0 saturated heterocycles. The summed E-state index contributed by atoms with van der Waals surface area (Å²) in [6.07, 6.45) is 5.75. The van der Waals surface area contributed by atoms with E-state index in [1.165, 1.54) is 19.3 Å². The van der Waals surface area contributed by atoms with Crippen molar-refractivity contribution in [3.8, 4) is 0 Å². The van der Waals surface area contributed by atoms with E-state index in [9.17, 15) is 5.11 Å². The van der Waals surface area contributed by atoms with Gasteiger partial charge in [0.05, 0.1) is 5.60 Å². The Morgan fingerprint density at radius 1 is 1.50 bits per heavy atom. The number of hydrogen-bond donors (Lipinski definition) is 2. The van der Waals surface area contributed by atoms with E-state index in [1.54, 1.807) is 0 Å². The van der Waals surface area contributed by atoms with Gasteiger partial charge in [-0.05, 0) is 39.2 Å². The molecule has 0 bridgehead atoms. The number of rotatable bonds is 5. The first-order valence-electron chi connectivity index (χ1n) is 5.10. The Morgan fingerprint density at radius 3 is 2.58 bits per heavy atom. The number of aliphatic hydroxyl groups is 1. The molecule has 0 aliphatic heterocycles. The minimum Gasteiger partial charge on any atom is -0.390 e. The lowest BCUT2D eigenvalue weighted by Gasteiger charge is -2.28. The van der Waals surface area contributed by atoms with Crippen molar-refractivity contribution in [1.82, 2.24) is 5.32 Å².